The van der Waals surface area contributed by atoms with Gasteiger partial charge in [0, 0.05) is 26.6 Å². The average Bonchev–Trinajstić information content (AvgIpc) is 3.21. The van der Waals surface area contributed by atoms with Crippen molar-refractivity contribution >= 4 is 17.5 Å². The van der Waals surface area contributed by atoms with Crippen molar-refractivity contribution < 1.29 is 26.7 Å². The van der Waals surface area contributed by atoms with E-state index in [1.54, 1.807) is 7.05 Å². The first-order chi connectivity index (χ1) is 18.0. The highest BCUT2D eigenvalue weighted by molar-refractivity contribution is 6.30. The van der Waals surface area contributed by atoms with E-state index in [1.807, 2.05) is 46.7 Å². The highest BCUT2D eigenvalue weighted by atomic mass is 35.5. The number of aryl methyl sites for hydroxylation is 2. The topological polar surface area (TPSA) is 50.2 Å². The number of benzene rings is 2. The number of imidazole rings is 1. The molecule has 0 saturated carbocycles. The summed E-state index contributed by atoms with van der Waals surface area (Å²) in [5.41, 5.74) is 0.642. The van der Waals surface area contributed by atoms with Gasteiger partial charge >= 0.3 is 6.18 Å². The average molecular weight is 555 g/mol. The summed E-state index contributed by atoms with van der Waals surface area (Å²) >= 11 is 6.59. The van der Waals surface area contributed by atoms with Crippen molar-refractivity contribution in [2.24, 2.45) is 0 Å². The number of carbonyl (C=O) groups excluding carboxylic acids is 1. The third-order valence-electron chi connectivity index (χ3n) is 6.89. The van der Waals surface area contributed by atoms with E-state index in [9.17, 15) is 26.7 Å². The predicted molar refractivity (Wildman–Crippen MR) is 134 cm³/mol. The highest BCUT2D eigenvalue weighted by Gasteiger charge is 2.39. The summed E-state index contributed by atoms with van der Waals surface area (Å²) in [5.74, 6) is -1.48. The Balaban J connectivity index is 1.72. The Bertz CT molecular complexity index is 1290. The smallest absolute Gasteiger partial charge is 0.358 e. The van der Waals surface area contributed by atoms with Crippen LogP contribution in [0.1, 0.15) is 53.6 Å². The minimum absolute atomic E-state index is 0.00837. The van der Waals surface area contributed by atoms with E-state index in [-0.39, 0.29) is 29.5 Å². The molecule has 0 unspecified atom stereocenters. The first-order valence-corrected chi connectivity index (χ1v) is 12.7. The van der Waals surface area contributed by atoms with Gasteiger partial charge in [0.2, 0.25) is 5.91 Å². The SMILES string of the molecule is CCc1nc(Cl)c2n1CCN([C@@H](C(=O)NC)c1ccccc1)[C@H]2CCc1cc(F)c(CC(F)(F)F)cc1F. The first kappa shape index (κ1) is 28.0. The monoisotopic (exact) mass is 554 g/mol. The Morgan fingerprint density at radius 3 is 2.42 bits per heavy atom. The van der Waals surface area contributed by atoms with Crippen molar-refractivity contribution in [3.05, 3.63) is 87.5 Å². The summed E-state index contributed by atoms with van der Waals surface area (Å²) in [6, 6.07) is 9.45. The largest absolute Gasteiger partial charge is 0.393 e. The molecule has 1 aromatic heterocycles. The van der Waals surface area contributed by atoms with Crippen molar-refractivity contribution in [2.45, 2.75) is 57.4 Å². The number of amides is 1. The molecule has 0 radical (unpaired) electrons. The normalized spacial score (nSPS) is 16.8. The van der Waals surface area contributed by atoms with Crippen LogP contribution in [0.2, 0.25) is 5.15 Å². The van der Waals surface area contributed by atoms with E-state index in [2.05, 4.69) is 10.3 Å². The van der Waals surface area contributed by atoms with Gasteiger partial charge in [0.05, 0.1) is 18.2 Å². The molecule has 0 spiro atoms. The molecular weight excluding hydrogens is 527 g/mol. The molecule has 2 aromatic carbocycles. The van der Waals surface area contributed by atoms with Gasteiger partial charge in [0.25, 0.3) is 0 Å². The molecule has 1 amide bonds. The number of aromatic nitrogens is 2. The van der Waals surface area contributed by atoms with Crippen LogP contribution < -0.4 is 5.32 Å². The molecule has 1 aliphatic rings. The number of hydrogen-bond donors (Lipinski definition) is 1. The molecule has 0 aliphatic carbocycles. The lowest BCUT2D eigenvalue weighted by molar-refractivity contribution is -0.128. The molecule has 1 N–H and O–H groups in total. The first-order valence-electron chi connectivity index (χ1n) is 12.3. The summed E-state index contributed by atoms with van der Waals surface area (Å²) in [5, 5.41) is 2.98. The lowest BCUT2D eigenvalue weighted by Crippen LogP contribution is -2.46. The van der Waals surface area contributed by atoms with Gasteiger partial charge in [-0.05, 0) is 41.7 Å². The fraction of sp³-hybridized carbons (Fsp3) is 0.407. The highest BCUT2D eigenvalue weighted by Crippen LogP contribution is 2.40. The summed E-state index contributed by atoms with van der Waals surface area (Å²) in [4.78, 5) is 19.6. The summed E-state index contributed by atoms with van der Waals surface area (Å²) in [6.45, 7) is 2.95. The number of carbonyl (C=O) groups is 1. The Morgan fingerprint density at radius 2 is 1.79 bits per heavy atom. The van der Waals surface area contributed by atoms with Gasteiger partial charge in [0.15, 0.2) is 5.15 Å². The van der Waals surface area contributed by atoms with Gasteiger partial charge in [-0.25, -0.2) is 13.8 Å². The molecule has 2 heterocycles. The molecule has 1 aliphatic heterocycles. The zero-order valence-corrected chi connectivity index (χ0v) is 21.7. The molecule has 2 atom stereocenters. The number of hydrogen-bond acceptors (Lipinski definition) is 3. The zero-order valence-electron chi connectivity index (χ0n) is 21.0. The fourth-order valence-corrected chi connectivity index (χ4v) is 5.51. The van der Waals surface area contributed by atoms with Crippen LogP contribution in [0.25, 0.3) is 0 Å². The number of rotatable bonds is 8. The van der Waals surface area contributed by atoms with Crippen LogP contribution in [0, 0.1) is 11.6 Å². The van der Waals surface area contributed by atoms with E-state index < -0.39 is 41.9 Å². The Kier molecular flexibility index (Phi) is 8.42. The second kappa shape index (κ2) is 11.4. The van der Waals surface area contributed by atoms with Crippen LogP contribution in [0.4, 0.5) is 22.0 Å². The number of nitrogens with zero attached hydrogens (tertiary/aromatic N) is 3. The Hall–Kier alpha value is -2.98. The molecule has 4 rings (SSSR count). The van der Waals surface area contributed by atoms with Crippen molar-refractivity contribution in [1.82, 2.24) is 19.8 Å². The lowest BCUT2D eigenvalue weighted by atomic mass is 9.94. The third-order valence-corrected chi connectivity index (χ3v) is 7.17. The molecule has 0 fully saturated rings. The van der Waals surface area contributed by atoms with Crippen LogP contribution in [-0.2, 0) is 30.6 Å². The van der Waals surface area contributed by atoms with Gasteiger partial charge in [-0.1, -0.05) is 48.9 Å². The number of alkyl halides is 3. The van der Waals surface area contributed by atoms with Crippen molar-refractivity contribution in [2.75, 3.05) is 13.6 Å². The number of halogens is 6. The van der Waals surface area contributed by atoms with Gasteiger partial charge in [-0.3, -0.25) is 9.69 Å². The third kappa shape index (κ3) is 5.86. The Morgan fingerprint density at radius 1 is 1.13 bits per heavy atom. The van der Waals surface area contributed by atoms with Gasteiger partial charge < -0.3 is 9.88 Å². The summed E-state index contributed by atoms with van der Waals surface area (Å²) in [6.07, 6.45) is -5.34. The quantitative estimate of drug-likeness (QED) is 0.350. The lowest BCUT2D eigenvalue weighted by Gasteiger charge is -2.41. The van der Waals surface area contributed by atoms with Crippen molar-refractivity contribution in [3.63, 3.8) is 0 Å². The molecule has 0 saturated heterocycles. The van der Waals surface area contributed by atoms with Crippen molar-refractivity contribution in [1.29, 1.82) is 0 Å². The van der Waals surface area contributed by atoms with Crippen LogP contribution in [0.3, 0.4) is 0 Å². The molecule has 11 heteroatoms. The van der Waals surface area contributed by atoms with Crippen molar-refractivity contribution in [3.8, 4) is 0 Å². The maximum absolute atomic E-state index is 14.8. The molecule has 0 bridgehead atoms. The van der Waals surface area contributed by atoms with Crippen LogP contribution in [0.15, 0.2) is 42.5 Å². The maximum atomic E-state index is 14.8. The minimum atomic E-state index is -4.66. The number of likely N-dealkylation sites (N-methyl/N-ethyl adjacent to an activating group) is 1. The second-order valence-corrected chi connectivity index (χ2v) is 9.61. The molecular formula is C27H28ClF5N4O. The number of nitrogens with one attached hydrogen (secondary N) is 1. The van der Waals surface area contributed by atoms with E-state index in [4.69, 9.17) is 11.6 Å². The van der Waals surface area contributed by atoms with E-state index in [0.717, 1.165) is 17.5 Å². The maximum Gasteiger partial charge on any atom is 0.393 e. The molecule has 5 nitrogen and oxygen atoms in total. The molecule has 38 heavy (non-hydrogen) atoms. The molecule has 3 aromatic rings. The van der Waals surface area contributed by atoms with Crippen LogP contribution in [-0.4, -0.2) is 40.1 Å². The van der Waals surface area contributed by atoms with Gasteiger partial charge in [-0.2, -0.15) is 13.2 Å². The van der Waals surface area contributed by atoms with E-state index >= 15 is 0 Å². The fourth-order valence-electron chi connectivity index (χ4n) is 5.19. The second-order valence-electron chi connectivity index (χ2n) is 9.26. The number of fused-ring (bicyclic) bond motifs is 1. The molecule has 204 valence electrons. The summed E-state index contributed by atoms with van der Waals surface area (Å²) in [7, 11) is 1.55. The van der Waals surface area contributed by atoms with Gasteiger partial charge in [-0.15, -0.1) is 0 Å². The van der Waals surface area contributed by atoms with Crippen LogP contribution in [0.5, 0.6) is 0 Å². The minimum Gasteiger partial charge on any atom is -0.358 e. The van der Waals surface area contributed by atoms with E-state index in [0.29, 0.717) is 31.3 Å². The predicted octanol–water partition coefficient (Wildman–Crippen LogP) is 5.96. The van der Waals surface area contributed by atoms with E-state index in [1.165, 1.54) is 0 Å². The Labute approximate surface area is 222 Å². The van der Waals surface area contributed by atoms with Crippen LogP contribution >= 0.6 is 11.6 Å². The van der Waals surface area contributed by atoms with Gasteiger partial charge in [0.1, 0.15) is 23.5 Å². The standard InChI is InChI=1S/C27H28ClF5N4O/c1-3-22-35-25(28)24-21(10-9-17-13-20(30)18(14-19(17)29)15-27(31,32)33)36(11-12-37(22)24)23(26(38)34-2)16-7-5-4-6-8-16/h4-8,13-14,21,23H,3,9-12,15H2,1-2H3,(H,34,38)/t21-,23+/m0/s1. The zero-order chi connectivity index (χ0) is 27.6. The summed E-state index contributed by atoms with van der Waals surface area (Å²) < 4.78 is 69.6.